The second-order valence-corrected chi connectivity index (χ2v) is 5.28. The van der Waals surface area contributed by atoms with Crippen molar-refractivity contribution >= 4 is 34.5 Å². The summed E-state index contributed by atoms with van der Waals surface area (Å²) in [6.45, 7) is 3.55. The number of rotatable bonds is 3. The second kappa shape index (κ2) is 5.62. The molecule has 1 amide bonds. The van der Waals surface area contributed by atoms with Crippen LogP contribution < -0.4 is 5.32 Å². The van der Waals surface area contributed by atoms with Crippen LogP contribution in [-0.4, -0.2) is 34.6 Å². The number of esters is 1. The fourth-order valence-corrected chi connectivity index (χ4v) is 2.77. The maximum absolute atomic E-state index is 12.2. The number of hydrogen-bond donors (Lipinski definition) is 1. The SMILES string of the molecule is CC(C)[C@H]1[C@H](CI)OC(=O)[C@@H]1NC(=O)C(F)(F)F. The van der Waals surface area contributed by atoms with Crippen LogP contribution in [0.3, 0.4) is 0 Å². The van der Waals surface area contributed by atoms with E-state index in [9.17, 15) is 22.8 Å². The average molecular weight is 379 g/mol. The largest absolute Gasteiger partial charge is 0.471 e. The molecule has 1 saturated heterocycles. The highest BCUT2D eigenvalue weighted by Crippen LogP contribution is 2.31. The van der Waals surface area contributed by atoms with Crippen LogP contribution in [0.2, 0.25) is 0 Å². The molecule has 0 aliphatic carbocycles. The lowest BCUT2D eigenvalue weighted by Crippen LogP contribution is -2.49. The van der Waals surface area contributed by atoms with Crippen LogP contribution in [0.25, 0.3) is 0 Å². The summed E-state index contributed by atoms with van der Waals surface area (Å²) in [7, 11) is 0. The molecule has 0 spiro atoms. The van der Waals surface area contributed by atoms with E-state index >= 15 is 0 Å². The van der Waals surface area contributed by atoms with Crippen molar-refractivity contribution in [1.29, 1.82) is 0 Å². The summed E-state index contributed by atoms with van der Waals surface area (Å²) in [6.07, 6.45) is -5.46. The van der Waals surface area contributed by atoms with Gasteiger partial charge in [0.05, 0.1) is 0 Å². The van der Waals surface area contributed by atoms with Gasteiger partial charge in [0.2, 0.25) is 0 Å². The maximum atomic E-state index is 12.2. The number of carbonyl (C=O) groups excluding carboxylic acids is 2. The lowest BCUT2D eigenvalue weighted by molar-refractivity contribution is -0.175. The van der Waals surface area contributed by atoms with Crippen LogP contribution in [0, 0.1) is 11.8 Å². The topological polar surface area (TPSA) is 55.4 Å². The van der Waals surface area contributed by atoms with Crippen LogP contribution in [0.1, 0.15) is 13.8 Å². The molecule has 1 aliphatic heterocycles. The first-order valence-electron chi connectivity index (χ1n) is 5.32. The van der Waals surface area contributed by atoms with Crippen LogP contribution in [0.5, 0.6) is 0 Å². The summed E-state index contributed by atoms with van der Waals surface area (Å²) >= 11 is 2.00. The minimum Gasteiger partial charge on any atom is -0.460 e. The fraction of sp³-hybridized carbons (Fsp3) is 0.800. The summed E-state index contributed by atoms with van der Waals surface area (Å²) in [5.41, 5.74) is 0. The van der Waals surface area contributed by atoms with Gasteiger partial charge in [-0.2, -0.15) is 13.2 Å². The van der Waals surface area contributed by atoms with Crippen molar-refractivity contribution in [3.63, 3.8) is 0 Å². The Morgan fingerprint density at radius 1 is 1.50 bits per heavy atom. The van der Waals surface area contributed by atoms with Crippen LogP contribution >= 0.6 is 22.6 Å². The Balaban J connectivity index is 2.85. The summed E-state index contributed by atoms with van der Waals surface area (Å²) in [5.74, 6) is -3.42. The van der Waals surface area contributed by atoms with Gasteiger partial charge in [-0.25, -0.2) is 4.79 Å². The van der Waals surface area contributed by atoms with E-state index in [0.29, 0.717) is 4.43 Å². The maximum Gasteiger partial charge on any atom is 0.471 e. The van der Waals surface area contributed by atoms with Gasteiger partial charge in [0.1, 0.15) is 12.1 Å². The third-order valence-corrected chi connectivity index (χ3v) is 3.67. The molecule has 0 aromatic rings. The normalized spacial score (nSPS) is 28.4. The number of alkyl halides is 4. The third-order valence-electron chi connectivity index (χ3n) is 2.80. The minimum atomic E-state index is -5.00. The lowest BCUT2D eigenvalue weighted by atomic mass is 9.86. The number of carbonyl (C=O) groups is 2. The Labute approximate surface area is 116 Å². The van der Waals surface area contributed by atoms with E-state index in [1.807, 2.05) is 22.6 Å². The summed E-state index contributed by atoms with van der Waals surface area (Å²) < 4.78 is 42.0. The van der Waals surface area contributed by atoms with Gasteiger partial charge in [-0.1, -0.05) is 36.4 Å². The molecule has 0 aromatic carbocycles. The van der Waals surface area contributed by atoms with Gasteiger partial charge in [0.15, 0.2) is 0 Å². The molecule has 0 bridgehead atoms. The second-order valence-electron chi connectivity index (χ2n) is 4.40. The molecule has 1 aliphatic rings. The Morgan fingerprint density at radius 3 is 2.44 bits per heavy atom. The average Bonchev–Trinajstić information content (AvgIpc) is 2.54. The summed E-state index contributed by atoms with van der Waals surface area (Å²) in [6, 6.07) is -1.22. The number of halogens is 4. The highest BCUT2D eigenvalue weighted by atomic mass is 127. The fourth-order valence-electron chi connectivity index (χ4n) is 2.00. The van der Waals surface area contributed by atoms with Crippen molar-refractivity contribution in [2.45, 2.75) is 32.2 Å². The van der Waals surface area contributed by atoms with Gasteiger partial charge in [-0.3, -0.25) is 4.79 Å². The third kappa shape index (κ3) is 3.27. The molecule has 0 radical (unpaired) electrons. The van der Waals surface area contributed by atoms with Crippen molar-refractivity contribution in [1.82, 2.24) is 5.32 Å². The van der Waals surface area contributed by atoms with Crippen molar-refractivity contribution in [3.8, 4) is 0 Å². The van der Waals surface area contributed by atoms with E-state index in [1.165, 1.54) is 0 Å². The van der Waals surface area contributed by atoms with E-state index < -0.39 is 36.1 Å². The first-order valence-corrected chi connectivity index (χ1v) is 6.85. The van der Waals surface area contributed by atoms with E-state index in [2.05, 4.69) is 0 Å². The lowest BCUT2D eigenvalue weighted by Gasteiger charge is -2.24. The first kappa shape index (κ1) is 15.5. The molecule has 1 heterocycles. The molecule has 1 rings (SSSR count). The van der Waals surface area contributed by atoms with Gasteiger partial charge in [-0.05, 0) is 5.92 Å². The molecule has 18 heavy (non-hydrogen) atoms. The van der Waals surface area contributed by atoms with Gasteiger partial charge in [0.25, 0.3) is 0 Å². The molecule has 0 saturated carbocycles. The van der Waals surface area contributed by atoms with E-state index in [-0.39, 0.29) is 5.92 Å². The predicted octanol–water partition coefficient (Wildman–Crippen LogP) is 1.67. The van der Waals surface area contributed by atoms with Gasteiger partial charge >= 0.3 is 18.1 Å². The standard InChI is InChI=1S/C10H13F3INO3/c1-4(2)6-5(3-14)18-8(16)7(6)15-9(17)10(11,12)13/h4-7H,3H2,1-2H3,(H,15,17)/t5-,6-,7+/m0/s1. The number of hydrogen-bond acceptors (Lipinski definition) is 3. The quantitative estimate of drug-likeness (QED) is 0.461. The molecule has 8 heteroatoms. The highest BCUT2D eigenvalue weighted by molar-refractivity contribution is 14.1. The van der Waals surface area contributed by atoms with E-state index in [0.717, 1.165) is 0 Å². The van der Waals surface area contributed by atoms with E-state index in [4.69, 9.17) is 4.74 Å². The van der Waals surface area contributed by atoms with Crippen molar-refractivity contribution in [2.24, 2.45) is 11.8 Å². The van der Waals surface area contributed by atoms with Crippen molar-refractivity contribution in [3.05, 3.63) is 0 Å². The Hall–Kier alpha value is -0.540. The number of ether oxygens (including phenoxy) is 1. The molecule has 1 fully saturated rings. The van der Waals surface area contributed by atoms with Gasteiger partial charge in [-0.15, -0.1) is 0 Å². The van der Waals surface area contributed by atoms with Crippen LogP contribution in [-0.2, 0) is 14.3 Å². The smallest absolute Gasteiger partial charge is 0.460 e. The van der Waals surface area contributed by atoms with Gasteiger partial charge in [0, 0.05) is 10.3 Å². The Kier molecular flexibility index (Phi) is 4.84. The van der Waals surface area contributed by atoms with Crippen molar-refractivity contribution < 1.29 is 27.5 Å². The molecule has 3 atom stereocenters. The molecule has 1 N–H and O–H groups in total. The van der Waals surface area contributed by atoms with Crippen LogP contribution in [0.4, 0.5) is 13.2 Å². The monoisotopic (exact) mass is 379 g/mol. The zero-order valence-corrected chi connectivity index (χ0v) is 11.9. The molecule has 0 unspecified atom stereocenters. The zero-order valence-electron chi connectivity index (χ0n) is 9.75. The zero-order chi connectivity index (χ0) is 14.1. The molecular formula is C10H13F3INO3. The van der Waals surface area contributed by atoms with Gasteiger partial charge < -0.3 is 10.1 Å². The first-order chi connectivity index (χ1) is 8.18. The molecule has 4 nitrogen and oxygen atoms in total. The number of cyclic esters (lactones) is 1. The molecule has 104 valence electrons. The Morgan fingerprint density at radius 2 is 2.06 bits per heavy atom. The summed E-state index contributed by atoms with van der Waals surface area (Å²) in [5, 5.41) is 1.72. The molecule has 0 aromatic heterocycles. The minimum absolute atomic E-state index is 0.0743. The number of nitrogens with one attached hydrogen (secondary N) is 1. The number of amides is 1. The molecular weight excluding hydrogens is 366 g/mol. The van der Waals surface area contributed by atoms with E-state index in [1.54, 1.807) is 19.2 Å². The Bertz CT molecular complexity index is 346. The highest BCUT2D eigenvalue weighted by Gasteiger charge is 2.49. The predicted molar refractivity (Wildman–Crippen MR) is 65.1 cm³/mol. The van der Waals surface area contributed by atoms with Crippen LogP contribution in [0.15, 0.2) is 0 Å². The van der Waals surface area contributed by atoms with Crippen molar-refractivity contribution in [2.75, 3.05) is 4.43 Å². The summed E-state index contributed by atoms with van der Waals surface area (Å²) in [4.78, 5) is 22.4.